The number of carbonyl (C=O) groups excluding carboxylic acids is 1. The predicted octanol–water partition coefficient (Wildman–Crippen LogP) is 3.05. The monoisotopic (exact) mass is 330 g/mol. The van der Waals surface area contributed by atoms with Crippen LogP contribution in [0.2, 0.25) is 0 Å². The first kappa shape index (κ1) is 15.4. The lowest BCUT2D eigenvalue weighted by atomic mass is 10.0. The molecule has 3 aromatic rings. The summed E-state index contributed by atoms with van der Waals surface area (Å²) in [6.07, 6.45) is 5.99. The van der Waals surface area contributed by atoms with Crippen LogP contribution < -0.4 is 0 Å². The van der Waals surface area contributed by atoms with Crippen molar-refractivity contribution < 1.29 is 4.79 Å². The molecular formula is C20H18N4O. The van der Waals surface area contributed by atoms with Gasteiger partial charge in [0, 0.05) is 42.9 Å². The van der Waals surface area contributed by atoms with Crippen LogP contribution in [-0.2, 0) is 13.0 Å². The molecule has 0 unspecified atom stereocenters. The first-order chi connectivity index (χ1) is 12.2. The van der Waals surface area contributed by atoms with E-state index in [1.54, 1.807) is 18.6 Å². The van der Waals surface area contributed by atoms with E-state index < -0.39 is 0 Å². The molecule has 4 rings (SSSR count). The molecule has 0 atom stereocenters. The van der Waals surface area contributed by atoms with Crippen LogP contribution in [0, 0.1) is 6.92 Å². The van der Waals surface area contributed by atoms with Crippen molar-refractivity contribution in [3.8, 4) is 11.1 Å². The second-order valence-corrected chi connectivity index (χ2v) is 6.16. The number of aromatic nitrogens is 3. The van der Waals surface area contributed by atoms with E-state index in [-0.39, 0.29) is 5.91 Å². The Hall–Kier alpha value is -3.08. The summed E-state index contributed by atoms with van der Waals surface area (Å²) in [7, 11) is 0. The topological polar surface area (TPSA) is 59.0 Å². The Labute approximate surface area is 146 Å². The second kappa shape index (κ2) is 6.43. The molecule has 5 nitrogen and oxygen atoms in total. The lowest BCUT2D eigenvalue weighted by Gasteiger charge is -2.15. The minimum atomic E-state index is 0.0440. The average Bonchev–Trinajstić information content (AvgIpc) is 2.97. The number of hydrogen-bond acceptors (Lipinski definition) is 4. The summed E-state index contributed by atoms with van der Waals surface area (Å²) in [5.41, 5.74) is 5.47. The number of rotatable bonds is 4. The van der Waals surface area contributed by atoms with Gasteiger partial charge in [-0.05, 0) is 48.4 Å². The van der Waals surface area contributed by atoms with Gasteiger partial charge in [0.15, 0.2) is 0 Å². The molecule has 1 aliphatic rings. The summed E-state index contributed by atoms with van der Waals surface area (Å²) in [6, 6.07) is 11.7. The lowest BCUT2D eigenvalue weighted by Crippen LogP contribution is -2.26. The van der Waals surface area contributed by atoms with Crippen LogP contribution in [0.25, 0.3) is 11.1 Å². The molecule has 0 saturated carbocycles. The van der Waals surface area contributed by atoms with E-state index in [1.165, 1.54) is 0 Å². The molecule has 0 aromatic carbocycles. The van der Waals surface area contributed by atoms with Crippen molar-refractivity contribution in [1.29, 1.82) is 0 Å². The third-order valence-corrected chi connectivity index (χ3v) is 4.45. The largest absolute Gasteiger partial charge is 0.332 e. The van der Waals surface area contributed by atoms with Gasteiger partial charge in [-0.25, -0.2) is 0 Å². The number of amides is 1. The first-order valence-electron chi connectivity index (χ1n) is 8.32. The molecule has 124 valence electrons. The van der Waals surface area contributed by atoms with E-state index >= 15 is 0 Å². The molecule has 0 N–H and O–H groups in total. The van der Waals surface area contributed by atoms with E-state index in [4.69, 9.17) is 0 Å². The zero-order valence-corrected chi connectivity index (χ0v) is 14.0. The van der Waals surface area contributed by atoms with E-state index in [2.05, 4.69) is 15.0 Å². The van der Waals surface area contributed by atoms with Gasteiger partial charge in [-0.15, -0.1) is 0 Å². The summed E-state index contributed by atoms with van der Waals surface area (Å²) in [6.45, 7) is 3.17. The van der Waals surface area contributed by atoms with Gasteiger partial charge in [0.05, 0.1) is 17.8 Å². The lowest BCUT2D eigenvalue weighted by molar-refractivity contribution is 0.0780. The van der Waals surface area contributed by atoms with Crippen molar-refractivity contribution >= 4 is 5.91 Å². The van der Waals surface area contributed by atoms with Gasteiger partial charge in [-0.2, -0.15) is 0 Å². The van der Waals surface area contributed by atoms with E-state index in [1.807, 2.05) is 48.2 Å². The van der Waals surface area contributed by atoms with Gasteiger partial charge in [0.25, 0.3) is 5.91 Å². The van der Waals surface area contributed by atoms with E-state index in [0.717, 1.165) is 34.6 Å². The average molecular weight is 330 g/mol. The maximum absolute atomic E-state index is 12.9. The summed E-state index contributed by atoms with van der Waals surface area (Å²) in [5.74, 6) is 0.0440. The minimum absolute atomic E-state index is 0.0440. The van der Waals surface area contributed by atoms with Crippen molar-refractivity contribution in [2.45, 2.75) is 19.9 Å². The second-order valence-electron chi connectivity index (χ2n) is 6.16. The molecule has 0 bridgehead atoms. The quantitative estimate of drug-likeness (QED) is 0.738. The zero-order chi connectivity index (χ0) is 17.2. The maximum Gasteiger partial charge on any atom is 0.256 e. The van der Waals surface area contributed by atoms with E-state index in [9.17, 15) is 4.79 Å². The summed E-state index contributed by atoms with van der Waals surface area (Å²) in [5, 5.41) is 0. The summed E-state index contributed by atoms with van der Waals surface area (Å²) in [4.78, 5) is 27.8. The number of hydrogen-bond donors (Lipinski definition) is 0. The van der Waals surface area contributed by atoms with Gasteiger partial charge >= 0.3 is 0 Å². The SMILES string of the molecule is Cc1cccc(CCN2Cc3nccc(-c4ccncc4)c3C2=O)n1. The highest BCUT2D eigenvalue weighted by Gasteiger charge is 2.31. The minimum Gasteiger partial charge on any atom is -0.332 e. The normalized spacial score (nSPS) is 13.2. The van der Waals surface area contributed by atoms with Crippen LogP contribution in [-0.4, -0.2) is 32.3 Å². The molecule has 0 radical (unpaired) electrons. The summed E-state index contributed by atoms with van der Waals surface area (Å²) < 4.78 is 0. The maximum atomic E-state index is 12.9. The molecule has 3 aromatic heterocycles. The van der Waals surface area contributed by atoms with Crippen LogP contribution in [0.3, 0.4) is 0 Å². The number of pyridine rings is 3. The Morgan fingerprint density at radius 1 is 1.08 bits per heavy atom. The molecule has 4 heterocycles. The number of nitrogens with zero attached hydrogens (tertiary/aromatic N) is 4. The molecule has 0 saturated heterocycles. The van der Waals surface area contributed by atoms with Gasteiger partial charge in [0.1, 0.15) is 0 Å². The number of fused-ring (bicyclic) bond motifs is 1. The fourth-order valence-electron chi connectivity index (χ4n) is 3.22. The highest BCUT2D eigenvalue weighted by atomic mass is 16.2. The standard InChI is InChI=1S/C20H18N4O/c1-14-3-2-4-16(23-14)8-12-24-13-18-19(20(24)25)17(7-11-22-18)15-5-9-21-10-6-15/h2-7,9-11H,8,12-13H2,1H3. The third kappa shape index (κ3) is 3.01. The fourth-order valence-corrected chi connectivity index (χ4v) is 3.22. The Morgan fingerprint density at radius 2 is 1.92 bits per heavy atom. The van der Waals surface area contributed by atoms with Crippen molar-refractivity contribution in [3.63, 3.8) is 0 Å². The van der Waals surface area contributed by atoms with E-state index in [0.29, 0.717) is 18.7 Å². The molecule has 25 heavy (non-hydrogen) atoms. The molecular weight excluding hydrogens is 312 g/mol. The van der Waals surface area contributed by atoms with Crippen molar-refractivity contribution in [3.05, 3.63) is 77.6 Å². The fraction of sp³-hybridized carbons (Fsp3) is 0.200. The van der Waals surface area contributed by atoms with Crippen LogP contribution in [0.15, 0.2) is 55.0 Å². The molecule has 1 aliphatic heterocycles. The Balaban J connectivity index is 1.57. The van der Waals surface area contributed by atoms with Crippen molar-refractivity contribution in [2.75, 3.05) is 6.54 Å². The predicted molar refractivity (Wildman–Crippen MR) is 94.9 cm³/mol. The third-order valence-electron chi connectivity index (χ3n) is 4.45. The Bertz CT molecular complexity index is 924. The van der Waals surface area contributed by atoms with Gasteiger partial charge in [-0.3, -0.25) is 19.7 Å². The number of aryl methyl sites for hydroxylation is 1. The van der Waals surface area contributed by atoms with Gasteiger partial charge < -0.3 is 4.90 Å². The smallest absolute Gasteiger partial charge is 0.256 e. The Kier molecular flexibility index (Phi) is 3.98. The number of carbonyl (C=O) groups is 1. The van der Waals surface area contributed by atoms with Crippen LogP contribution in [0.4, 0.5) is 0 Å². The highest BCUT2D eigenvalue weighted by molar-refractivity contribution is 6.03. The molecule has 5 heteroatoms. The van der Waals surface area contributed by atoms with Crippen molar-refractivity contribution in [2.24, 2.45) is 0 Å². The first-order valence-corrected chi connectivity index (χ1v) is 8.32. The van der Waals surface area contributed by atoms with Gasteiger partial charge in [-0.1, -0.05) is 6.07 Å². The van der Waals surface area contributed by atoms with Crippen LogP contribution >= 0.6 is 0 Å². The van der Waals surface area contributed by atoms with Crippen molar-refractivity contribution in [1.82, 2.24) is 19.9 Å². The summed E-state index contributed by atoms with van der Waals surface area (Å²) >= 11 is 0. The molecule has 1 amide bonds. The highest BCUT2D eigenvalue weighted by Crippen LogP contribution is 2.31. The molecule has 0 fully saturated rings. The Morgan fingerprint density at radius 3 is 2.72 bits per heavy atom. The van der Waals surface area contributed by atoms with Crippen LogP contribution in [0.1, 0.15) is 27.4 Å². The molecule has 0 spiro atoms. The molecule has 0 aliphatic carbocycles. The van der Waals surface area contributed by atoms with Crippen LogP contribution in [0.5, 0.6) is 0 Å². The van der Waals surface area contributed by atoms with Gasteiger partial charge in [0.2, 0.25) is 0 Å². The zero-order valence-electron chi connectivity index (χ0n) is 14.0.